The minimum atomic E-state index is 0.479. The Labute approximate surface area is 104 Å². The molecule has 0 saturated carbocycles. The third-order valence-electron chi connectivity index (χ3n) is 2.69. The molecule has 0 saturated heterocycles. The molecule has 1 heterocycles. The van der Waals surface area contributed by atoms with Crippen LogP contribution in [0.5, 0.6) is 0 Å². The number of pyridine rings is 1. The summed E-state index contributed by atoms with van der Waals surface area (Å²) in [5, 5.41) is 1.17. The van der Waals surface area contributed by atoms with Crippen molar-refractivity contribution in [3.63, 3.8) is 0 Å². The number of rotatable bonds is 3. The molecule has 2 N–H and O–H groups in total. The van der Waals surface area contributed by atoms with Gasteiger partial charge in [0, 0.05) is 15.6 Å². The second-order valence-corrected chi connectivity index (χ2v) is 5.01. The van der Waals surface area contributed by atoms with Gasteiger partial charge >= 0.3 is 0 Å². The van der Waals surface area contributed by atoms with Crippen molar-refractivity contribution in [2.24, 2.45) is 11.7 Å². The van der Waals surface area contributed by atoms with Crippen molar-refractivity contribution < 1.29 is 0 Å². The van der Waals surface area contributed by atoms with Crippen LogP contribution in [0.25, 0.3) is 10.9 Å². The topological polar surface area (TPSA) is 38.9 Å². The number of aromatic nitrogens is 1. The van der Waals surface area contributed by atoms with Crippen LogP contribution in [0.3, 0.4) is 0 Å². The minimum absolute atomic E-state index is 0.479. The normalized spacial score (nSPS) is 12.9. The number of hydrogen-bond acceptors (Lipinski definition) is 2. The molecule has 0 bridgehead atoms. The van der Waals surface area contributed by atoms with Crippen LogP contribution in [-0.4, -0.2) is 11.5 Å². The minimum Gasteiger partial charge on any atom is -0.330 e. The van der Waals surface area contributed by atoms with Crippen molar-refractivity contribution in [3.05, 3.63) is 40.5 Å². The van der Waals surface area contributed by atoms with E-state index >= 15 is 0 Å². The first-order valence-corrected chi connectivity index (χ1v) is 6.24. The number of nitrogens with two attached hydrogens (primary N) is 1. The molecule has 3 heteroatoms. The number of halogens is 1. The van der Waals surface area contributed by atoms with Gasteiger partial charge in [0.1, 0.15) is 0 Å². The zero-order valence-electron chi connectivity index (χ0n) is 9.28. The Morgan fingerprint density at radius 2 is 2.12 bits per heavy atom. The van der Waals surface area contributed by atoms with Gasteiger partial charge in [0.15, 0.2) is 0 Å². The molecule has 16 heavy (non-hydrogen) atoms. The van der Waals surface area contributed by atoms with E-state index in [4.69, 9.17) is 5.73 Å². The lowest BCUT2D eigenvalue weighted by atomic mass is 10.0. The van der Waals surface area contributed by atoms with Crippen LogP contribution in [-0.2, 0) is 6.42 Å². The number of benzene rings is 1. The molecule has 0 aliphatic heterocycles. The molecular formula is C13H15BrN2. The first-order chi connectivity index (χ1) is 7.70. The van der Waals surface area contributed by atoms with Gasteiger partial charge in [0.2, 0.25) is 0 Å². The molecule has 0 spiro atoms. The van der Waals surface area contributed by atoms with Crippen LogP contribution in [0.2, 0.25) is 0 Å². The van der Waals surface area contributed by atoms with Crippen LogP contribution < -0.4 is 5.73 Å². The van der Waals surface area contributed by atoms with E-state index in [1.54, 1.807) is 0 Å². The van der Waals surface area contributed by atoms with Crippen molar-refractivity contribution in [3.8, 4) is 0 Å². The fraction of sp³-hybridized carbons (Fsp3) is 0.308. The van der Waals surface area contributed by atoms with Gasteiger partial charge in [-0.25, -0.2) is 0 Å². The van der Waals surface area contributed by atoms with Gasteiger partial charge in [-0.3, -0.25) is 4.98 Å². The number of nitrogens with zero attached hydrogens (tertiary/aromatic N) is 1. The monoisotopic (exact) mass is 278 g/mol. The molecule has 2 aromatic rings. The van der Waals surface area contributed by atoms with E-state index in [0.717, 1.165) is 22.1 Å². The highest BCUT2D eigenvalue weighted by molar-refractivity contribution is 9.10. The highest BCUT2D eigenvalue weighted by Crippen LogP contribution is 2.22. The lowest BCUT2D eigenvalue weighted by molar-refractivity contribution is 0.585. The Balaban J connectivity index is 2.39. The number of hydrogen-bond donors (Lipinski definition) is 1. The third-order valence-corrected chi connectivity index (χ3v) is 3.33. The molecule has 0 fully saturated rings. The molecule has 1 aromatic carbocycles. The van der Waals surface area contributed by atoms with Crippen LogP contribution >= 0.6 is 15.9 Å². The summed E-state index contributed by atoms with van der Waals surface area (Å²) < 4.78 is 1.05. The smallest absolute Gasteiger partial charge is 0.0847 e. The molecule has 1 aromatic heterocycles. The summed E-state index contributed by atoms with van der Waals surface area (Å²) in [5.74, 6) is 0.479. The van der Waals surface area contributed by atoms with E-state index in [1.165, 1.54) is 5.39 Å². The van der Waals surface area contributed by atoms with Crippen molar-refractivity contribution in [1.29, 1.82) is 0 Å². The Bertz CT molecular complexity index is 496. The second-order valence-electron chi connectivity index (χ2n) is 4.16. The third kappa shape index (κ3) is 2.42. The van der Waals surface area contributed by atoms with Gasteiger partial charge in [-0.15, -0.1) is 0 Å². The van der Waals surface area contributed by atoms with E-state index < -0.39 is 0 Å². The van der Waals surface area contributed by atoms with Crippen LogP contribution in [0.4, 0.5) is 0 Å². The van der Waals surface area contributed by atoms with Crippen molar-refractivity contribution >= 4 is 26.8 Å². The zero-order chi connectivity index (χ0) is 11.5. The van der Waals surface area contributed by atoms with Crippen molar-refractivity contribution in [1.82, 2.24) is 4.98 Å². The first kappa shape index (κ1) is 11.6. The Kier molecular flexibility index (Phi) is 3.56. The molecule has 2 nitrogen and oxygen atoms in total. The highest BCUT2D eigenvalue weighted by atomic mass is 79.9. The molecule has 84 valence electrons. The number of para-hydroxylation sites is 1. The quantitative estimate of drug-likeness (QED) is 0.937. The average Bonchev–Trinajstić information content (AvgIpc) is 2.30. The van der Waals surface area contributed by atoms with Crippen molar-refractivity contribution in [2.75, 3.05) is 6.54 Å². The van der Waals surface area contributed by atoms with Gasteiger partial charge in [-0.2, -0.15) is 0 Å². The number of fused-ring (bicyclic) bond motifs is 1. The Morgan fingerprint density at radius 1 is 1.31 bits per heavy atom. The fourth-order valence-corrected chi connectivity index (χ4v) is 2.18. The van der Waals surface area contributed by atoms with E-state index in [1.807, 2.05) is 12.1 Å². The summed E-state index contributed by atoms with van der Waals surface area (Å²) in [5.41, 5.74) is 7.77. The van der Waals surface area contributed by atoms with Crippen LogP contribution in [0, 0.1) is 5.92 Å². The van der Waals surface area contributed by atoms with Gasteiger partial charge in [0.25, 0.3) is 0 Å². The van der Waals surface area contributed by atoms with E-state index in [2.05, 4.69) is 46.0 Å². The molecule has 1 atom stereocenters. The molecule has 0 radical (unpaired) electrons. The molecule has 0 amide bonds. The lowest BCUT2D eigenvalue weighted by Gasteiger charge is -2.08. The zero-order valence-corrected chi connectivity index (χ0v) is 10.9. The largest absolute Gasteiger partial charge is 0.330 e. The van der Waals surface area contributed by atoms with E-state index in [0.29, 0.717) is 12.5 Å². The molecule has 0 aliphatic carbocycles. The van der Waals surface area contributed by atoms with Crippen molar-refractivity contribution in [2.45, 2.75) is 13.3 Å². The van der Waals surface area contributed by atoms with Gasteiger partial charge in [-0.05, 0) is 46.9 Å². The summed E-state index contributed by atoms with van der Waals surface area (Å²) in [7, 11) is 0. The Hall–Kier alpha value is -0.930. The fourth-order valence-electron chi connectivity index (χ4n) is 1.71. The van der Waals surface area contributed by atoms with Crippen LogP contribution in [0.1, 0.15) is 12.6 Å². The summed E-state index contributed by atoms with van der Waals surface area (Å²) in [4.78, 5) is 4.66. The standard InChI is InChI=1S/C13H15BrN2/c1-9(8-15)7-11-6-5-10-3-2-4-12(14)13(10)16-11/h2-6,9H,7-8,15H2,1H3. The SMILES string of the molecule is CC(CN)Cc1ccc2cccc(Br)c2n1. The lowest BCUT2D eigenvalue weighted by Crippen LogP contribution is -2.13. The maximum atomic E-state index is 5.63. The summed E-state index contributed by atoms with van der Waals surface area (Å²) in [6, 6.07) is 10.3. The maximum Gasteiger partial charge on any atom is 0.0847 e. The highest BCUT2D eigenvalue weighted by Gasteiger charge is 2.05. The first-order valence-electron chi connectivity index (χ1n) is 5.45. The van der Waals surface area contributed by atoms with Gasteiger partial charge in [0.05, 0.1) is 5.52 Å². The molecular weight excluding hydrogens is 264 g/mol. The Morgan fingerprint density at radius 3 is 2.88 bits per heavy atom. The molecule has 2 rings (SSSR count). The summed E-state index contributed by atoms with van der Waals surface area (Å²) in [6.07, 6.45) is 0.938. The predicted octanol–water partition coefficient (Wildman–Crippen LogP) is 3.13. The second kappa shape index (κ2) is 4.93. The maximum absolute atomic E-state index is 5.63. The predicted molar refractivity (Wildman–Crippen MR) is 71.4 cm³/mol. The summed E-state index contributed by atoms with van der Waals surface area (Å²) in [6.45, 7) is 2.85. The van der Waals surface area contributed by atoms with E-state index in [-0.39, 0.29) is 0 Å². The molecule has 1 unspecified atom stereocenters. The summed E-state index contributed by atoms with van der Waals surface area (Å²) >= 11 is 3.53. The van der Waals surface area contributed by atoms with Crippen LogP contribution in [0.15, 0.2) is 34.8 Å². The van der Waals surface area contributed by atoms with Gasteiger partial charge in [-0.1, -0.05) is 25.1 Å². The average molecular weight is 279 g/mol. The van der Waals surface area contributed by atoms with E-state index in [9.17, 15) is 0 Å². The van der Waals surface area contributed by atoms with Gasteiger partial charge < -0.3 is 5.73 Å². The molecule has 0 aliphatic rings.